The molecule has 0 bridgehead atoms. The van der Waals surface area contributed by atoms with Crippen LogP contribution in [0.25, 0.3) is 0 Å². The number of aromatic hydroxyl groups is 1. The number of hydrogen-bond donors (Lipinski definition) is 8. The minimum Gasteiger partial charge on any atom is -0.508 e. The molecule has 4 atom stereocenters. The first kappa shape index (κ1) is 28.8. The zero-order chi connectivity index (χ0) is 27.5. The van der Waals surface area contributed by atoms with E-state index >= 15 is 0 Å². The van der Waals surface area contributed by atoms with Crippen LogP contribution < -0.4 is 27.4 Å². The van der Waals surface area contributed by atoms with Gasteiger partial charge in [-0.2, -0.15) is 0 Å². The van der Waals surface area contributed by atoms with Crippen LogP contribution in [0.1, 0.15) is 31.0 Å². The maximum atomic E-state index is 13.2. The van der Waals surface area contributed by atoms with Gasteiger partial charge >= 0.3 is 5.97 Å². The van der Waals surface area contributed by atoms with Gasteiger partial charge in [0.2, 0.25) is 23.6 Å². The number of phenols is 1. The predicted octanol–water partition coefficient (Wildman–Crippen LogP) is -1.95. The highest BCUT2D eigenvalue weighted by Crippen LogP contribution is 2.11. The number of nitrogens with one attached hydrogen (secondary N) is 4. The molecule has 14 nitrogen and oxygen atoms in total. The van der Waals surface area contributed by atoms with Crippen LogP contribution in [0, 0.1) is 0 Å². The molecule has 1 heterocycles. The van der Waals surface area contributed by atoms with E-state index in [-0.39, 0.29) is 31.4 Å². The van der Waals surface area contributed by atoms with Gasteiger partial charge in [-0.15, -0.1) is 0 Å². The van der Waals surface area contributed by atoms with Gasteiger partial charge in [-0.3, -0.25) is 24.0 Å². The number of carboxylic acids is 1. The van der Waals surface area contributed by atoms with Gasteiger partial charge in [0.15, 0.2) is 0 Å². The minimum atomic E-state index is -1.30. The van der Waals surface area contributed by atoms with Crippen molar-refractivity contribution in [2.45, 2.75) is 56.8 Å². The molecule has 10 N–H and O–H groups in total. The van der Waals surface area contributed by atoms with Crippen LogP contribution in [0.3, 0.4) is 0 Å². The van der Waals surface area contributed by atoms with Crippen LogP contribution in [0.2, 0.25) is 0 Å². The number of primary amides is 1. The number of nitrogens with two attached hydrogens (primary N) is 2. The zero-order valence-corrected chi connectivity index (χ0v) is 20.1. The number of carbonyl (C=O) groups excluding carboxylic acids is 4. The number of carbonyl (C=O) groups is 5. The third kappa shape index (κ3) is 9.60. The SMILES string of the molecule is CC(NC(=O)C(CCC(N)=O)NC(=O)C(Cc1cnc[nH]1)NC(=O)C(N)Cc1ccc(O)cc1)C(=O)O. The first-order valence-electron chi connectivity index (χ1n) is 11.4. The predicted molar refractivity (Wildman–Crippen MR) is 130 cm³/mol. The van der Waals surface area contributed by atoms with Crippen molar-refractivity contribution in [3.05, 3.63) is 48.0 Å². The van der Waals surface area contributed by atoms with Crippen LogP contribution in [-0.2, 0) is 36.8 Å². The standard InChI is InChI=1S/C23H31N7O7/c1-12(23(36)37)28-21(34)17(6-7-19(25)32)29-22(35)18(9-14-10-26-11-27-14)30-20(33)16(24)8-13-2-4-15(31)5-3-13/h2-5,10-12,16-18,31H,6-9,24H2,1H3,(H2,25,32)(H,26,27)(H,28,34)(H,29,35)(H,30,33)(H,36,37). The van der Waals surface area contributed by atoms with Crippen molar-refractivity contribution >= 4 is 29.6 Å². The summed E-state index contributed by atoms with van der Waals surface area (Å²) in [6, 6.07) is 1.35. The van der Waals surface area contributed by atoms with Gasteiger partial charge in [0, 0.05) is 24.7 Å². The Morgan fingerprint density at radius 1 is 0.973 bits per heavy atom. The molecule has 0 aliphatic heterocycles. The second-order valence-corrected chi connectivity index (χ2v) is 8.45. The molecule has 0 radical (unpaired) electrons. The molecule has 200 valence electrons. The first-order chi connectivity index (χ1) is 17.5. The van der Waals surface area contributed by atoms with Crippen molar-refractivity contribution in [3.63, 3.8) is 0 Å². The normalized spacial score (nSPS) is 14.0. The summed E-state index contributed by atoms with van der Waals surface area (Å²) in [5.41, 5.74) is 12.4. The van der Waals surface area contributed by atoms with Crippen molar-refractivity contribution in [2.75, 3.05) is 0 Å². The molecular formula is C23H31N7O7. The Balaban J connectivity index is 2.16. The van der Waals surface area contributed by atoms with Crippen LogP contribution >= 0.6 is 0 Å². The molecule has 1 aromatic heterocycles. The molecule has 0 aliphatic carbocycles. The van der Waals surface area contributed by atoms with Crippen LogP contribution in [0.4, 0.5) is 0 Å². The number of H-pyrrole nitrogens is 1. The second kappa shape index (κ2) is 13.6. The fourth-order valence-electron chi connectivity index (χ4n) is 3.29. The number of phenolic OH excluding ortho intramolecular Hbond substituents is 1. The maximum absolute atomic E-state index is 13.2. The number of carboxylic acid groups (broad SMARTS) is 1. The van der Waals surface area contributed by atoms with Gasteiger partial charge in [0.1, 0.15) is 23.9 Å². The van der Waals surface area contributed by atoms with Crippen LogP contribution in [0.5, 0.6) is 5.75 Å². The number of imidazole rings is 1. The second-order valence-electron chi connectivity index (χ2n) is 8.45. The third-order valence-corrected chi connectivity index (χ3v) is 5.38. The monoisotopic (exact) mass is 517 g/mol. The molecule has 4 amide bonds. The summed E-state index contributed by atoms with van der Waals surface area (Å²) in [5, 5.41) is 25.7. The number of amides is 4. The van der Waals surface area contributed by atoms with E-state index in [2.05, 4.69) is 25.9 Å². The third-order valence-electron chi connectivity index (χ3n) is 5.38. The lowest BCUT2D eigenvalue weighted by Crippen LogP contribution is -2.57. The highest BCUT2D eigenvalue weighted by Gasteiger charge is 2.30. The molecular weight excluding hydrogens is 486 g/mol. The lowest BCUT2D eigenvalue weighted by atomic mass is 10.0. The minimum absolute atomic E-state index is 0.0286. The lowest BCUT2D eigenvalue weighted by Gasteiger charge is -2.24. The average Bonchev–Trinajstić information content (AvgIpc) is 3.35. The zero-order valence-electron chi connectivity index (χ0n) is 20.1. The molecule has 0 saturated heterocycles. The Morgan fingerprint density at radius 2 is 1.59 bits per heavy atom. The van der Waals surface area contributed by atoms with Crippen molar-refractivity contribution in [2.24, 2.45) is 11.5 Å². The van der Waals surface area contributed by atoms with E-state index in [0.717, 1.165) is 0 Å². The van der Waals surface area contributed by atoms with E-state index in [9.17, 15) is 29.1 Å². The quantitative estimate of drug-likeness (QED) is 0.139. The fourth-order valence-corrected chi connectivity index (χ4v) is 3.29. The van der Waals surface area contributed by atoms with E-state index < -0.39 is 53.8 Å². The molecule has 0 saturated carbocycles. The largest absolute Gasteiger partial charge is 0.508 e. The summed E-state index contributed by atoms with van der Waals surface area (Å²) < 4.78 is 0. The van der Waals surface area contributed by atoms with E-state index in [1.165, 1.54) is 31.6 Å². The molecule has 0 fully saturated rings. The number of benzene rings is 1. The maximum Gasteiger partial charge on any atom is 0.325 e. The summed E-state index contributed by atoms with van der Waals surface area (Å²) in [6.45, 7) is 1.24. The van der Waals surface area contributed by atoms with E-state index in [4.69, 9.17) is 16.6 Å². The van der Waals surface area contributed by atoms with Gasteiger partial charge in [0.05, 0.1) is 12.4 Å². The number of aromatic amines is 1. The average molecular weight is 518 g/mol. The highest BCUT2D eigenvalue weighted by molar-refractivity contribution is 5.94. The van der Waals surface area contributed by atoms with Gasteiger partial charge in [0.25, 0.3) is 0 Å². The van der Waals surface area contributed by atoms with Gasteiger partial charge in [-0.1, -0.05) is 12.1 Å². The molecule has 1 aromatic carbocycles. The molecule has 2 rings (SSSR count). The summed E-state index contributed by atoms with van der Waals surface area (Å²) >= 11 is 0. The van der Waals surface area contributed by atoms with Crippen molar-refractivity contribution in [1.29, 1.82) is 0 Å². The van der Waals surface area contributed by atoms with E-state index in [1.807, 2.05) is 0 Å². The molecule has 14 heteroatoms. The Kier molecular flexibility index (Phi) is 10.6. The number of aromatic nitrogens is 2. The molecule has 4 unspecified atom stereocenters. The Bertz CT molecular complexity index is 1090. The van der Waals surface area contributed by atoms with Crippen molar-refractivity contribution in [1.82, 2.24) is 25.9 Å². The number of rotatable bonds is 14. The number of aliphatic carboxylic acids is 1. The topological polar surface area (TPSA) is 243 Å². The number of nitrogens with zero attached hydrogens (tertiary/aromatic N) is 1. The van der Waals surface area contributed by atoms with Crippen molar-refractivity contribution < 1.29 is 34.2 Å². The smallest absolute Gasteiger partial charge is 0.325 e. The van der Waals surface area contributed by atoms with Crippen molar-refractivity contribution in [3.8, 4) is 5.75 Å². The van der Waals surface area contributed by atoms with Gasteiger partial charge < -0.3 is 42.6 Å². The van der Waals surface area contributed by atoms with E-state index in [0.29, 0.717) is 11.3 Å². The molecule has 0 aliphatic rings. The first-order valence-corrected chi connectivity index (χ1v) is 11.4. The molecule has 2 aromatic rings. The van der Waals surface area contributed by atoms with E-state index in [1.54, 1.807) is 12.1 Å². The lowest BCUT2D eigenvalue weighted by molar-refractivity contribution is -0.142. The highest BCUT2D eigenvalue weighted by atomic mass is 16.4. The fraction of sp³-hybridized carbons (Fsp3) is 0.391. The van der Waals surface area contributed by atoms with Crippen LogP contribution in [-0.4, -0.2) is 73.9 Å². The Hall–Kier alpha value is -4.46. The number of hydrogen-bond acceptors (Lipinski definition) is 8. The van der Waals surface area contributed by atoms with Gasteiger partial charge in [-0.05, 0) is 37.5 Å². The Morgan fingerprint density at radius 3 is 2.16 bits per heavy atom. The summed E-state index contributed by atoms with van der Waals surface area (Å²) in [7, 11) is 0. The van der Waals surface area contributed by atoms with Gasteiger partial charge in [-0.25, -0.2) is 4.98 Å². The summed E-state index contributed by atoms with van der Waals surface area (Å²) in [4.78, 5) is 67.7. The van der Waals surface area contributed by atoms with Crippen LogP contribution in [0.15, 0.2) is 36.8 Å². The molecule has 0 spiro atoms. The summed E-state index contributed by atoms with van der Waals surface area (Å²) in [5.74, 6) is -4.20. The summed E-state index contributed by atoms with van der Waals surface area (Å²) in [6.07, 6.45) is 2.49. The Labute approximate surface area is 212 Å². The molecule has 37 heavy (non-hydrogen) atoms.